The molecule has 1 aromatic heterocycles. The molecule has 0 bridgehead atoms. The lowest BCUT2D eigenvalue weighted by Gasteiger charge is -2.27. The van der Waals surface area contributed by atoms with E-state index in [1.54, 1.807) is 0 Å². The van der Waals surface area contributed by atoms with Gasteiger partial charge in [-0.25, -0.2) is 4.98 Å². The molecular formula is C22H26N4. The number of nitrogens with one attached hydrogen (secondary N) is 1. The fourth-order valence-corrected chi connectivity index (χ4v) is 3.62. The second-order valence-corrected chi connectivity index (χ2v) is 6.98. The average molecular weight is 346 g/mol. The zero-order chi connectivity index (χ0) is 17.6. The van der Waals surface area contributed by atoms with Gasteiger partial charge in [0.15, 0.2) is 0 Å². The summed E-state index contributed by atoms with van der Waals surface area (Å²) in [5.41, 5.74) is 2.24. The van der Waals surface area contributed by atoms with E-state index in [1.165, 1.54) is 37.7 Å². The highest BCUT2D eigenvalue weighted by atomic mass is 15.2. The largest absolute Gasteiger partial charge is 0.356 e. The first-order chi connectivity index (χ1) is 12.9. The van der Waals surface area contributed by atoms with Gasteiger partial charge in [0.05, 0.1) is 5.52 Å². The lowest BCUT2D eigenvalue weighted by molar-refractivity contribution is 0.554. The van der Waals surface area contributed by atoms with Crippen molar-refractivity contribution in [3.05, 3.63) is 60.2 Å². The van der Waals surface area contributed by atoms with Crippen molar-refractivity contribution in [2.75, 3.05) is 23.3 Å². The van der Waals surface area contributed by atoms with E-state index in [2.05, 4.69) is 52.7 Å². The van der Waals surface area contributed by atoms with E-state index < -0.39 is 0 Å². The summed E-state index contributed by atoms with van der Waals surface area (Å²) < 4.78 is 0. The molecule has 134 valence electrons. The van der Waals surface area contributed by atoms with Crippen molar-refractivity contribution in [1.29, 1.82) is 0 Å². The molecule has 0 unspecified atom stereocenters. The number of nitrogens with zero attached hydrogens (tertiary/aromatic N) is 3. The molecule has 4 heteroatoms. The normalized spacial score (nSPS) is 15.5. The molecule has 1 saturated heterocycles. The molecule has 0 saturated carbocycles. The molecule has 1 fully saturated rings. The monoisotopic (exact) mass is 346 g/mol. The molecule has 1 aliphatic heterocycles. The van der Waals surface area contributed by atoms with Gasteiger partial charge >= 0.3 is 0 Å². The van der Waals surface area contributed by atoms with Gasteiger partial charge in [-0.3, -0.25) is 0 Å². The van der Waals surface area contributed by atoms with Gasteiger partial charge in [-0.1, -0.05) is 61.7 Å². The Hall–Kier alpha value is -2.62. The fourth-order valence-electron chi connectivity index (χ4n) is 3.62. The van der Waals surface area contributed by atoms with E-state index in [0.29, 0.717) is 5.95 Å². The Kier molecular flexibility index (Phi) is 5.29. The number of rotatable bonds is 4. The Morgan fingerprint density at radius 2 is 1.46 bits per heavy atom. The Labute approximate surface area is 155 Å². The van der Waals surface area contributed by atoms with Crippen molar-refractivity contribution in [1.82, 2.24) is 9.97 Å². The number of anilines is 2. The third-order valence-electron chi connectivity index (χ3n) is 5.03. The van der Waals surface area contributed by atoms with E-state index >= 15 is 0 Å². The zero-order valence-electron chi connectivity index (χ0n) is 15.2. The van der Waals surface area contributed by atoms with Crippen LogP contribution in [0.3, 0.4) is 0 Å². The van der Waals surface area contributed by atoms with E-state index in [4.69, 9.17) is 9.97 Å². The van der Waals surface area contributed by atoms with Gasteiger partial charge in [0.2, 0.25) is 5.95 Å². The standard InChI is InChI=1S/C22H26N4/c1-2-9-15-26(16-10-3-1)21-19-13-7-8-14-20(19)24-22(25-21)23-17-18-11-5-4-6-12-18/h4-8,11-14H,1-3,9-10,15-17H2,(H,23,24,25). The molecule has 3 aromatic rings. The van der Waals surface area contributed by atoms with Gasteiger partial charge in [-0.15, -0.1) is 0 Å². The summed E-state index contributed by atoms with van der Waals surface area (Å²) in [6, 6.07) is 18.7. The third kappa shape index (κ3) is 3.96. The highest BCUT2D eigenvalue weighted by molar-refractivity contribution is 5.90. The molecule has 2 aromatic carbocycles. The maximum atomic E-state index is 4.92. The van der Waals surface area contributed by atoms with E-state index in [-0.39, 0.29) is 0 Å². The summed E-state index contributed by atoms with van der Waals surface area (Å²) in [6.45, 7) is 2.90. The molecule has 1 aliphatic rings. The van der Waals surface area contributed by atoms with Crippen LogP contribution < -0.4 is 10.2 Å². The minimum Gasteiger partial charge on any atom is -0.356 e. The first kappa shape index (κ1) is 16.8. The van der Waals surface area contributed by atoms with Crippen LogP contribution in [-0.2, 0) is 6.54 Å². The Bertz CT molecular complexity index is 839. The first-order valence-corrected chi connectivity index (χ1v) is 9.70. The van der Waals surface area contributed by atoms with Gasteiger partial charge in [-0.05, 0) is 30.5 Å². The summed E-state index contributed by atoms with van der Waals surface area (Å²) in [4.78, 5) is 12.1. The van der Waals surface area contributed by atoms with Crippen molar-refractivity contribution in [2.45, 2.75) is 38.6 Å². The Morgan fingerprint density at radius 3 is 2.27 bits per heavy atom. The van der Waals surface area contributed by atoms with Gasteiger partial charge in [0, 0.05) is 25.0 Å². The lowest BCUT2D eigenvalue weighted by Crippen LogP contribution is -2.28. The van der Waals surface area contributed by atoms with Crippen LogP contribution in [0.15, 0.2) is 54.6 Å². The minimum atomic E-state index is 0.713. The Morgan fingerprint density at radius 1 is 0.769 bits per heavy atom. The highest BCUT2D eigenvalue weighted by Crippen LogP contribution is 2.27. The summed E-state index contributed by atoms with van der Waals surface area (Å²) in [6.07, 6.45) is 6.48. The molecule has 4 rings (SSSR count). The summed E-state index contributed by atoms with van der Waals surface area (Å²) in [7, 11) is 0. The molecule has 4 nitrogen and oxygen atoms in total. The highest BCUT2D eigenvalue weighted by Gasteiger charge is 2.15. The van der Waals surface area contributed by atoms with Crippen LogP contribution in [0.5, 0.6) is 0 Å². The predicted molar refractivity (Wildman–Crippen MR) is 109 cm³/mol. The van der Waals surface area contributed by atoms with Crippen LogP contribution in [0.25, 0.3) is 10.9 Å². The van der Waals surface area contributed by atoms with Crippen LogP contribution in [0.2, 0.25) is 0 Å². The van der Waals surface area contributed by atoms with Crippen LogP contribution in [0.1, 0.15) is 37.7 Å². The van der Waals surface area contributed by atoms with Crippen molar-refractivity contribution < 1.29 is 0 Å². The van der Waals surface area contributed by atoms with Crippen LogP contribution in [0.4, 0.5) is 11.8 Å². The summed E-state index contributed by atoms with van der Waals surface area (Å²) >= 11 is 0. The molecule has 0 radical (unpaired) electrons. The molecular weight excluding hydrogens is 320 g/mol. The maximum absolute atomic E-state index is 4.92. The molecule has 0 atom stereocenters. The van der Waals surface area contributed by atoms with Crippen molar-refractivity contribution in [2.24, 2.45) is 0 Å². The third-order valence-corrected chi connectivity index (χ3v) is 5.03. The quantitative estimate of drug-likeness (QED) is 0.721. The average Bonchev–Trinajstić information content (AvgIpc) is 2.66. The number of hydrogen-bond acceptors (Lipinski definition) is 4. The molecule has 0 amide bonds. The van der Waals surface area contributed by atoms with Crippen LogP contribution in [-0.4, -0.2) is 23.1 Å². The number of para-hydroxylation sites is 1. The van der Waals surface area contributed by atoms with E-state index in [1.807, 2.05) is 12.1 Å². The van der Waals surface area contributed by atoms with Crippen LogP contribution >= 0.6 is 0 Å². The second kappa shape index (κ2) is 8.17. The van der Waals surface area contributed by atoms with E-state index in [0.717, 1.165) is 36.4 Å². The van der Waals surface area contributed by atoms with Gasteiger partial charge in [0.25, 0.3) is 0 Å². The fraction of sp³-hybridized carbons (Fsp3) is 0.364. The topological polar surface area (TPSA) is 41.1 Å². The number of aromatic nitrogens is 2. The summed E-state index contributed by atoms with van der Waals surface area (Å²) in [5.74, 6) is 1.79. The molecule has 1 N–H and O–H groups in total. The van der Waals surface area contributed by atoms with E-state index in [9.17, 15) is 0 Å². The van der Waals surface area contributed by atoms with Gasteiger partial charge in [0.1, 0.15) is 5.82 Å². The smallest absolute Gasteiger partial charge is 0.225 e. The number of fused-ring (bicyclic) bond motifs is 1. The summed E-state index contributed by atoms with van der Waals surface area (Å²) in [5, 5.41) is 4.56. The molecule has 0 spiro atoms. The molecule has 0 aliphatic carbocycles. The van der Waals surface area contributed by atoms with Crippen LogP contribution in [0, 0.1) is 0 Å². The zero-order valence-corrected chi connectivity index (χ0v) is 15.2. The SMILES string of the molecule is c1ccc(CNc2nc(N3CCCCCCC3)c3ccccc3n2)cc1. The second-order valence-electron chi connectivity index (χ2n) is 6.98. The minimum absolute atomic E-state index is 0.713. The van der Waals surface area contributed by atoms with Gasteiger partial charge < -0.3 is 10.2 Å². The maximum Gasteiger partial charge on any atom is 0.225 e. The Balaban J connectivity index is 1.64. The molecule has 2 heterocycles. The first-order valence-electron chi connectivity index (χ1n) is 9.70. The van der Waals surface area contributed by atoms with Crippen molar-refractivity contribution in [3.63, 3.8) is 0 Å². The van der Waals surface area contributed by atoms with Crippen molar-refractivity contribution >= 4 is 22.7 Å². The number of hydrogen-bond donors (Lipinski definition) is 1. The lowest BCUT2D eigenvalue weighted by atomic mass is 10.1. The van der Waals surface area contributed by atoms with Crippen molar-refractivity contribution in [3.8, 4) is 0 Å². The predicted octanol–water partition coefficient (Wildman–Crippen LogP) is 5.01. The van der Waals surface area contributed by atoms with Gasteiger partial charge in [-0.2, -0.15) is 4.98 Å². The number of benzene rings is 2. The molecule has 26 heavy (non-hydrogen) atoms.